The molecule has 6 nitrogen and oxygen atoms in total. The number of benzene rings is 1. The number of nitrogens with two attached hydrogens (primary N) is 1. The fraction of sp³-hybridized carbons (Fsp3) is 0.0909. The molecule has 0 aliphatic heterocycles. The lowest BCUT2D eigenvalue weighted by Gasteiger charge is -2.11. The summed E-state index contributed by atoms with van der Waals surface area (Å²) in [4.78, 5) is 6.71. The highest BCUT2D eigenvalue weighted by molar-refractivity contribution is 7.92. The smallest absolute Gasteiger partial charge is 0.368 e. The number of nitrogens with one attached hydrogen (secondary N) is 1. The van der Waals surface area contributed by atoms with E-state index in [2.05, 4.69) is 9.97 Å². The average molecular weight is 318 g/mol. The molecular formula is C11H9F3N4O2S. The van der Waals surface area contributed by atoms with E-state index in [9.17, 15) is 21.6 Å². The first-order valence-electron chi connectivity index (χ1n) is 5.46. The monoisotopic (exact) mass is 318 g/mol. The Morgan fingerprint density at radius 1 is 1.14 bits per heavy atom. The number of nitrogens with zero attached hydrogens (tertiary/aromatic N) is 2. The Hall–Kier alpha value is -2.36. The Kier molecular flexibility index (Phi) is 3.73. The van der Waals surface area contributed by atoms with Gasteiger partial charge < -0.3 is 5.73 Å². The Labute approximate surface area is 117 Å². The molecule has 0 amide bonds. The van der Waals surface area contributed by atoms with Gasteiger partial charge in [0.25, 0.3) is 10.0 Å². The second-order valence-corrected chi connectivity index (χ2v) is 5.64. The van der Waals surface area contributed by atoms with E-state index in [0.29, 0.717) is 6.07 Å². The zero-order chi connectivity index (χ0) is 15.7. The molecule has 0 aliphatic rings. The molecule has 0 radical (unpaired) electrons. The Balaban J connectivity index is 2.31. The van der Waals surface area contributed by atoms with E-state index in [-0.39, 0.29) is 16.5 Å². The van der Waals surface area contributed by atoms with Crippen LogP contribution in [0.25, 0.3) is 0 Å². The van der Waals surface area contributed by atoms with E-state index in [0.717, 1.165) is 24.5 Å². The van der Waals surface area contributed by atoms with Gasteiger partial charge in [0.2, 0.25) is 5.95 Å². The van der Waals surface area contributed by atoms with Crippen molar-refractivity contribution in [1.29, 1.82) is 0 Å². The normalized spacial score (nSPS) is 12.1. The summed E-state index contributed by atoms with van der Waals surface area (Å²) >= 11 is 0. The number of rotatable bonds is 3. The number of hydrogen-bond acceptors (Lipinski definition) is 5. The molecule has 0 saturated carbocycles. The minimum absolute atomic E-state index is 0.118. The van der Waals surface area contributed by atoms with E-state index in [1.165, 1.54) is 6.07 Å². The molecular weight excluding hydrogens is 309 g/mol. The van der Waals surface area contributed by atoms with Crippen LogP contribution in [0.2, 0.25) is 0 Å². The second kappa shape index (κ2) is 5.20. The summed E-state index contributed by atoms with van der Waals surface area (Å²) in [5.74, 6) is -0.118. The maximum absolute atomic E-state index is 12.6. The third-order valence-electron chi connectivity index (χ3n) is 2.40. The second-order valence-electron chi connectivity index (χ2n) is 3.96. The first-order valence-corrected chi connectivity index (χ1v) is 6.94. The quantitative estimate of drug-likeness (QED) is 0.900. The summed E-state index contributed by atoms with van der Waals surface area (Å²) < 4.78 is 63.6. The summed E-state index contributed by atoms with van der Waals surface area (Å²) in [6.07, 6.45) is -2.65. The highest BCUT2D eigenvalue weighted by Gasteiger charge is 2.30. The Morgan fingerprint density at radius 3 is 2.33 bits per heavy atom. The lowest BCUT2D eigenvalue weighted by Crippen LogP contribution is -2.15. The zero-order valence-electron chi connectivity index (χ0n) is 10.3. The predicted octanol–water partition coefficient (Wildman–Crippen LogP) is 1.88. The number of aromatic nitrogens is 2. The number of alkyl halides is 3. The third kappa shape index (κ3) is 3.60. The molecule has 2 aromatic rings. The molecule has 0 atom stereocenters. The minimum atomic E-state index is -4.56. The Morgan fingerprint density at radius 2 is 1.76 bits per heavy atom. The van der Waals surface area contributed by atoms with Crippen molar-refractivity contribution < 1.29 is 21.6 Å². The first-order chi connectivity index (χ1) is 9.68. The summed E-state index contributed by atoms with van der Waals surface area (Å²) in [7, 11) is -4.09. The van der Waals surface area contributed by atoms with Gasteiger partial charge in [-0.2, -0.15) is 13.2 Å². The molecule has 0 saturated heterocycles. The van der Waals surface area contributed by atoms with E-state index in [1.54, 1.807) is 0 Å². The number of halogens is 3. The molecule has 3 N–H and O–H groups in total. The van der Waals surface area contributed by atoms with Crippen LogP contribution < -0.4 is 10.5 Å². The van der Waals surface area contributed by atoms with Gasteiger partial charge in [-0.05, 0) is 18.2 Å². The van der Waals surface area contributed by atoms with Gasteiger partial charge in [-0.1, -0.05) is 6.07 Å². The van der Waals surface area contributed by atoms with Crippen LogP contribution in [0.15, 0.2) is 41.6 Å². The largest absolute Gasteiger partial charge is 0.416 e. The van der Waals surface area contributed by atoms with E-state index in [1.807, 2.05) is 4.72 Å². The number of anilines is 2. The average Bonchev–Trinajstić information content (AvgIpc) is 2.38. The van der Waals surface area contributed by atoms with Crippen LogP contribution in [0.4, 0.5) is 24.8 Å². The fourth-order valence-corrected chi connectivity index (χ4v) is 2.38. The molecule has 2 rings (SSSR count). The van der Waals surface area contributed by atoms with Crippen molar-refractivity contribution in [3.8, 4) is 0 Å². The van der Waals surface area contributed by atoms with Crippen LogP contribution in [0.1, 0.15) is 5.56 Å². The van der Waals surface area contributed by atoms with Crippen molar-refractivity contribution in [2.24, 2.45) is 0 Å². The maximum atomic E-state index is 12.6. The van der Waals surface area contributed by atoms with Gasteiger partial charge in [0.05, 0.1) is 18.0 Å². The van der Waals surface area contributed by atoms with Gasteiger partial charge in [-0.15, -0.1) is 0 Å². The number of nitrogen functional groups attached to an aromatic ring is 1. The van der Waals surface area contributed by atoms with E-state index >= 15 is 0 Å². The van der Waals surface area contributed by atoms with Gasteiger partial charge in [0.1, 0.15) is 4.90 Å². The van der Waals surface area contributed by atoms with Gasteiger partial charge in [-0.25, -0.2) is 18.4 Å². The highest BCUT2D eigenvalue weighted by Crippen LogP contribution is 2.31. The van der Waals surface area contributed by atoms with E-state index < -0.39 is 21.8 Å². The topological polar surface area (TPSA) is 98.0 Å². The lowest BCUT2D eigenvalue weighted by atomic mass is 10.2. The summed E-state index contributed by atoms with van der Waals surface area (Å²) in [6, 6.07) is 3.82. The summed E-state index contributed by atoms with van der Waals surface area (Å²) in [6.45, 7) is 0. The van der Waals surface area contributed by atoms with E-state index in [4.69, 9.17) is 5.73 Å². The minimum Gasteiger partial charge on any atom is -0.368 e. The van der Waals surface area contributed by atoms with Crippen LogP contribution >= 0.6 is 0 Å². The molecule has 1 heterocycles. The predicted molar refractivity (Wildman–Crippen MR) is 68.7 cm³/mol. The van der Waals surface area contributed by atoms with Crippen molar-refractivity contribution in [2.75, 3.05) is 10.5 Å². The molecule has 21 heavy (non-hydrogen) atoms. The fourth-order valence-electron chi connectivity index (χ4n) is 1.44. The third-order valence-corrected chi connectivity index (χ3v) is 3.74. The molecule has 0 aliphatic carbocycles. The van der Waals surface area contributed by atoms with Gasteiger partial charge in [-0.3, -0.25) is 4.72 Å². The molecule has 0 fully saturated rings. The summed E-state index contributed by atoms with van der Waals surface area (Å²) in [5, 5.41) is 0. The molecule has 0 bridgehead atoms. The molecule has 0 spiro atoms. The van der Waals surface area contributed by atoms with Gasteiger partial charge >= 0.3 is 6.18 Å². The van der Waals surface area contributed by atoms with Crippen molar-refractivity contribution in [1.82, 2.24) is 9.97 Å². The zero-order valence-corrected chi connectivity index (χ0v) is 11.1. The van der Waals surface area contributed by atoms with Gasteiger partial charge in [0.15, 0.2) is 0 Å². The van der Waals surface area contributed by atoms with Crippen LogP contribution in [-0.4, -0.2) is 18.4 Å². The van der Waals surface area contributed by atoms with Crippen LogP contribution in [0.3, 0.4) is 0 Å². The van der Waals surface area contributed by atoms with Crippen LogP contribution in [0.5, 0.6) is 0 Å². The number of hydrogen-bond donors (Lipinski definition) is 2. The van der Waals surface area contributed by atoms with Crippen molar-refractivity contribution in [3.63, 3.8) is 0 Å². The first kappa shape index (κ1) is 15.0. The molecule has 10 heteroatoms. The van der Waals surface area contributed by atoms with Crippen molar-refractivity contribution >= 4 is 21.7 Å². The molecule has 0 unspecified atom stereocenters. The van der Waals surface area contributed by atoms with Crippen molar-refractivity contribution in [3.05, 3.63) is 42.2 Å². The Bertz CT molecular complexity index is 745. The highest BCUT2D eigenvalue weighted by atomic mass is 32.2. The maximum Gasteiger partial charge on any atom is 0.416 e. The van der Waals surface area contributed by atoms with Crippen LogP contribution in [0, 0.1) is 0 Å². The standard InChI is InChI=1S/C11H9F3N4O2S/c12-11(13,14)7-2-1-3-8(4-7)18-21(19,20)9-5-16-10(15)17-6-9/h1-6,18H,(H2,15,16,17). The molecule has 1 aromatic carbocycles. The number of sulfonamides is 1. The van der Waals surface area contributed by atoms with Crippen molar-refractivity contribution in [2.45, 2.75) is 11.1 Å². The lowest BCUT2D eigenvalue weighted by molar-refractivity contribution is -0.137. The molecule has 1 aromatic heterocycles. The van der Waals surface area contributed by atoms with Gasteiger partial charge in [0, 0.05) is 5.69 Å². The molecule has 112 valence electrons. The SMILES string of the molecule is Nc1ncc(S(=O)(=O)Nc2cccc(C(F)(F)F)c2)cn1. The van der Waals surface area contributed by atoms with Crippen LogP contribution in [-0.2, 0) is 16.2 Å². The summed E-state index contributed by atoms with van der Waals surface area (Å²) in [5.41, 5.74) is 4.05.